The molecule has 0 amide bonds. The van der Waals surface area contributed by atoms with Gasteiger partial charge in [-0.3, -0.25) is 0 Å². The highest BCUT2D eigenvalue weighted by molar-refractivity contribution is 6.31. The lowest BCUT2D eigenvalue weighted by molar-refractivity contribution is 0.190. The van der Waals surface area contributed by atoms with Crippen LogP contribution in [0.15, 0.2) is 48.8 Å². The van der Waals surface area contributed by atoms with E-state index in [1.54, 1.807) is 12.1 Å². The minimum absolute atomic E-state index is 0.0877. The van der Waals surface area contributed by atoms with Crippen LogP contribution in [0.1, 0.15) is 25.5 Å². The van der Waals surface area contributed by atoms with Crippen LogP contribution in [0.4, 0.5) is 5.82 Å². The second-order valence-corrected chi connectivity index (χ2v) is 6.46. The molecule has 0 saturated carbocycles. The van der Waals surface area contributed by atoms with Crippen LogP contribution in [0.2, 0.25) is 5.02 Å². The van der Waals surface area contributed by atoms with Crippen molar-refractivity contribution in [2.75, 3.05) is 11.9 Å². The third-order valence-electron chi connectivity index (χ3n) is 3.68. The van der Waals surface area contributed by atoms with E-state index in [1.807, 2.05) is 44.2 Å². The standard InChI is InChI=1S/C19H20ClN3O2/c1-12(2)25-15-5-3-4-13(8-15)18(24)10-21-19-16-7-6-14(20)9-17(16)22-11-23-19/h3-9,11-12,18,24H,10H2,1-2H3,(H,21,22,23). The van der Waals surface area contributed by atoms with Crippen LogP contribution in [0.5, 0.6) is 5.75 Å². The summed E-state index contributed by atoms with van der Waals surface area (Å²) in [5, 5.41) is 15.1. The largest absolute Gasteiger partial charge is 0.491 e. The Hall–Kier alpha value is -2.37. The van der Waals surface area contributed by atoms with E-state index in [9.17, 15) is 5.11 Å². The molecule has 1 heterocycles. The molecule has 3 aromatic rings. The fraction of sp³-hybridized carbons (Fsp3) is 0.263. The summed E-state index contributed by atoms with van der Waals surface area (Å²) in [6, 6.07) is 12.9. The molecule has 25 heavy (non-hydrogen) atoms. The molecule has 1 unspecified atom stereocenters. The highest BCUT2D eigenvalue weighted by atomic mass is 35.5. The van der Waals surface area contributed by atoms with Gasteiger partial charge in [-0.1, -0.05) is 23.7 Å². The minimum Gasteiger partial charge on any atom is -0.491 e. The number of anilines is 1. The summed E-state index contributed by atoms with van der Waals surface area (Å²) < 4.78 is 5.67. The molecular weight excluding hydrogens is 338 g/mol. The van der Waals surface area contributed by atoms with Gasteiger partial charge in [-0.2, -0.15) is 0 Å². The summed E-state index contributed by atoms with van der Waals surface area (Å²) in [6.07, 6.45) is 0.877. The van der Waals surface area contributed by atoms with Crippen LogP contribution in [-0.2, 0) is 0 Å². The lowest BCUT2D eigenvalue weighted by Crippen LogP contribution is -2.14. The Kier molecular flexibility index (Phi) is 5.36. The van der Waals surface area contributed by atoms with E-state index in [1.165, 1.54) is 6.33 Å². The number of ether oxygens (including phenoxy) is 1. The van der Waals surface area contributed by atoms with Crippen molar-refractivity contribution in [3.8, 4) is 5.75 Å². The van der Waals surface area contributed by atoms with Gasteiger partial charge < -0.3 is 15.2 Å². The first kappa shape index (κ1) is 17.5. The van der Waals surface area contributed by atoms with Crippen molar-refractivity contribution in [2.45, 2.75) is 26.1 Å². The predicted octanol–water partition coefficient (Wildman–Crippen LogP) is 4.22. The average Bonchev–Trinajstić information content (AvgIpc) is 2.59. The molecule has 2 aromatic carbocycles. The molecule has 1 atom stereocenters. The Morgan fingerprint density at radius 2 is 2.00 bits per heavy atom. The Morgan fingerprint density at radius 3 is 2.80 bits per heavy atom. The van der Waals surface area contributed by atoms with Gasteiger partial charge in [0.1, 0.15) is 17.9 Å². The maximum Gasteiger partial charge on any atom is 0.137 e. The van der Waals surface area contributed by atoms with Crippen molar-refractivity contribution in [1.29, 1.82) is 0 Å². The summed E-state index contributed by atoms with van der Waals surface area (Å²) in [4.78, 5) is 8.47. The summed E-state index contributed by atoms with van der Waals surface area (Å²) >= 11 is 6.00. The van der Waals surface area contributed by atoms with Gasteiger partial charge >= 0.3 is 0 Å². The zero-order valence-corrected chi connectivity index (χ0v) is 14.9. The van der Waals surface area contributed by atoms with Crippen LogP contribution in [0.25, 0.3) is 10.9 Å². The summed E-state index contributed by atoms with van der Waals surface area (Å²) in [6.45, 7) is 4.26. The van der Waals surface area contributed by atoms with Gasteiger partial charge in [-0.05, 0) is 49.7 Å². The van der Waals surface area contributed by atoms with Gasteiger partial charge in [0.2, 0.25) is 0 Å². The molecule has 0 radical (unpaired) electrons. The molecular formula is C19H20ClN3O2. The normalized spacial score (nSPS) is 12.4. The molecule has 5 nitrogen and oxygen atoms in total. The van der Waals surface area contributed by atoms with Crippen molar-refractivity contribution < 1.29 is 9.84 Å². The van der Waals surface area contributed by atoms with Gasteiger partial charge in [0, 0.05) is 17.0 Å². The molecule has 0 aliphatic carbocycles. The molecule has 0 bridgehead atoms. The number of hydrogen-bond acceptors (Lipinski definition) is 5. The number of halogens is 1. The number of aliphatic hydroxyl groups is 1. The van der Waals surface area contributed by atoms with Gasteiger partial charge in [-0.15, -0.1) is 0 Å². The number of fused-ring (bicyclic) bond motifs is 1. The van der Waals surface area contributed by atoms with Gasteiger partial charge in [0.05, 0.1) is 17.7 Å². The molecule has 0 aliphatic rings. The van der Waals surface area contributed by atoms with E-state index in [4.69, 9.17) is 16.3 Å². The predicted molar refractivity (Wildman–Crippen MR) is 100 cm³/mol. The molecule has 0 spiro atoms. The number of hydrogen-bond donors (Lipinski definition) is 2. The van der Waals surface area contributed by atoms with Crippen LogP contribution in [-0.4, -0.2) is 27.7 Å². The quantitative estimate of drug-likeness (QED) is 0.691. The van der Waals surface area contributed by atoms with Crippen LogP contribution in [0.3, 0.4) is 0 Å². The van der Waals surface area contributed by atoms with E-state index in [-0.39, 0.29) is 6.10 Å². The Morgan fingerprint density at radius 1 is 1.16 bits per heavy atom. The maximum absolute atomic E-state index is 10.5. The molecule has 6 heteroatoms. The van der Waals surface area contributed by atoms with E-state index in [0.29, 0.717) is 17.4 Å². The Balaban J connectivity index is 1.73. The number of aromatic nitrogens is 2. The third-order valence-corrected chi connectivity index (χ3v) is 3.91. The number of rotatable bonds is 6. The molecule has 2 N–H and O–H groups in total. The van der Waals surface area contributed by atoms with E-state index in [2.05, 4.69) is 15.3 Å². The molecule has 0 aliphatic heterocycles. The number of nitrogens with one attached hydrogen (secondary N) is 1. The Bertz CT molecular complexity index is 870. The number of benzene rings is 2. The van der Waals surface area contributed by atoms with Crippen LogP contribution >= 0.6 is 11.6 Å². The van der Waals surface area contributed by atoms with Crippen LogP contribution in [0, 0.1) is 0 Å². The summed E-state index contributed by atoms with van der Waals surface area (Å²) in [5.74, 6) is 1.41. The van der Waals surface area contributed by atoms with E-state index >= 15 is 0 Å². The van der Waals surface area contributed by atoms with Crippen molar-refractivity contribution in [2.24, 2.45) is 0 Å². The molecule has 0 saturated heterocycles. The van der Waals surface area contributed by atoms with Crippen LogP contribution < -0.4 is 10.1 Å². The van der Waals surface area contributed by atoms with Crippen molar-refractivity contribution in [3.63, 3.8) is 0 Å². The molecule has 130 valence electrons. The fourth-order valence-corrected chi connectivity index (χ4v) is 2.72. The second kappa shape index (κ2) is 7.68. The number of aliphatic hydroxyl groups excluding tert-OH is 1. The lowest BCUT2D eigenvalue weighted by atomic mass is 10.1. The minimum atomic E-state index is -0.687. The van der Waals surface area contributed by atoms with E-state index in [0.717, 1.165) is 22.2 Å². The van der Waals surface area contributed by atoms with Gasteiger partial charge in [-0.25, -0.2) is 9.97 Å². The third kappa shape index (κ3) is 4.38. The molecule has 1 aromatic heterocycles. The first-order chi connectivity index (χ1) is 12.0. The first-order valence-corrected chi connectivity index (χ1v) is 8.49. The highest BCUT2D eigenvalue weighted by Crippen LogP contribution is 2.24. The van der Waals surface area contributed by atoms with Crippen molar-refractivity contribution >= 4 is 28.3 Å². The zero-order valence-electron chi connectivity index (χ0n) is 14.1. The molecule has 0 fully saturated rings. The van der Waals surface area contributed by atoms with E-state index < -0.39 is 6.10 Å². The second-order valence-electron chi connectivity index (χ2n) is 6.02. The topological polar surface area (TPSA) is 67.3 Å². The van der Waals surface area contributed by atoms with Gasteiger partial charge in [0.15, 0.2) is 0 Å². The van der Waals surface area contributed by atoms with Crippen molar-refractivity contribution in [1.82, 2.24) is 9.97 Å². The zero-order chi connectivity index (χ0) is 17.8. The molecule has 3 rings (SSSR count). The average molecular weight is 358 g/mol. The number of nitrogens with zero attached hydrogens (tertiary/aromatic N) is 2. The smallest absolute Gasteiger partial charge is 0.137 e. The first-order valence-electron chi connectivity index (χ1n) is 8.12. The summed E-state index contributed by atoms with van der Waals surface area (Å²) in [7, 11) is 0. The fourth-order valence-electron chi connectivity index (χ4n) is 2.55. The highest BCUT2D eigenvalue weighted by Gasteiger charge is 2.11. The maximum atomic E-state index is 10.5. The lowest BCUT2D eigenvalue weighted by Gasteiger charge is -2.16. The van der Waals surface area contributed by atoms with Crippen molar-refractivity contribution in [3.05, 3.63) is 59.4 Å². The van der Waals surface area contributed by atoms with Gasteiger partial charge in [0.25, 0.3) is 0 Å². The Labute approximate surface area is 151 Å². The monoisotopic (exact) mass is 357 g/mol. The summed E-state index contributed by atoms with van der Waals surface area (Å²) in [5.41, 5.74) is 1.54. The SMILES string of the molecule is CC(C)Oc1cccc(C(O)CNc2ncnc3cc(Cl)ccc23)c1.